The largest absolute Gasteiger partial charge is 0.492 e. The van der Waals surface area contributed by atoms with Crippen molar-refractivity contribution in [3.05, 3.63) is 66.7 Å². The van der Waals surface area contributed by atoms with Crippen LogP contribution in [0.4, 0.5) is 10.5 Å². The monoisotopic (exact) mass is 495 g/mol. The van der Waals surface area contributed by atoms with Crippen molar-refractivity contribution in [2.45, 2.75) is 57.2 Å². The Hall–Kier alpha value is -4.25. The van der Waals surface area contributed by atoms with E-state index in [1.54, 1.807) is 12.5 Å². The molecule has 1 amide bonds. The Labute approximate surface area is 215 Å². The first-order chi connectivity index (χ1) is 18.2. The molecule has 0 aliphatic heterocycles. The number of amides is 1. The maximum atomic E-state index is 12.2. The number of rotatable bonds is 8. The minimum Gasteiger partial charge on any atom is -0.492 e. The minimum absolute atomic E-state index is 0.0374. The van der Waals surface area contributed by atoms with Crippen molar-refractivity contribution in [1.29, 1.82) is 5.26 Å². The Morgan fingerprint density at radius 2 is 1.92 bits per heavy atom. The summed E-state index contributed by atoms with van der Waals surface area (Å²) in [6.45, 7) is 1.21. The van der Waals surface area contributed by atoms with Gasteiger partial charge in [0, 0.05) is 29.5 Å². The summed E-state index contributed by atoms with van der Waals surface area (Å²) < 4.78 is 15.7. The predicted octanol–water partition coefficient (Wildman–Crippen LogP) is 6.28. The minimum atomic E-state index is -0.417. The summed E-state index contributed by atoms with van der Waals surface area (Å²) in [5, 5.41) is 14.0. The van der Waals surface area contributed by atoms with Gasteiger partial charge in [0.1, 0.15) is 24.5 Å². The van der Waals surface area contributed by atoms with Gasteiger partial charge in [-0.05, 0) is 74.4 Å². The van der Waals surface area contributed by atoms with E-state index in [1.807, 2.05) is 47.2 Å². The van der Waals surface area contributed by atoms with Gasteiger partial charge in [0.2, 0.25) is 0 Å². The standard InChI is InChI=1S/C29H29N5O3/c30-18-26-25-17-24(36-16-15-33-14-13-31-19-33)11-12-27(25)34(22-3-1-4-22)28(26)20-7-9-21(10-8-20)32-29(35)37-23-5-2-6-23/h7-14,17,19,22-23H,1-6,15-16H2,(H,32,35). The average Bonchev–Trinajstić information content (AvgIpc) is 3.47. The zero-order chi connectivity index (χ0) is 25.2. The fourth-order valence-corrected chi connectivity index (χ4v) is 4.99. The van der Waals surface area contributed by atoms with Crippen molar-refractivity contribution in [2.24, 2.45) is 0 Å². The van der Waals surface area contributed by atoms with Gasteiger partial charge in [-0.1, -0.05) is 12.1 Å². The van der Waals surface area contributed by atoms with E-state index in [0.29, 0.717) is 30.4 Å². The molecule has 1 N–H and O–H groups in total. The molecule has 2 aromatic heterocycles. The molecule has 0 radical (unpaired) electrons. The number of imidazole rings is 1. The summed E-state index contributed by atoms with van der Waals surface area (Å²) in [5.41, 5.74) is 4.23. The highest BCUT2D eigenvalue weighted by Crippen LogP contribution is 2.43. The Morgan fingerprint density at radius 1 is 1.11 bits per heavy atom. The van der Waals surface area contributed by atoms with E-state index in [1.165, 1.54) is 6.42 Å². The Kier molecular flexibility index (Phi) is 6.27. The molecule has 2 aliphatic carbocycles. The number of hydrogen-bond acceptors (Lipinski definition) is 5. The van der Waals surface area contributed by atoms with Crippen LogP contribution in [0.5, 0.6) is 5.75 Å². The summed E-state index contributed by atoms with van der Waals surface area (Å²) >= 11 is 0. The molecule has 188 valence electrons. The van der Waals surface area contributed by atoms with Crippen molar-refractivity contribution in [3.8, 4) is 23.1 Å². The van der Waals surface area contributed by atoms with E-state index in [9.17, 15) is 10.1 Å². The van der Waals surface area contributed by atoms with Crippen LogP contribution < -0.4 is 10.1 Å². The molecular weight excluding hydrogens is 466 g/mol. The molecule has 2 aromatic carbocycles. The lowest BCUT2D eigenvalue weighted by Crippen LogP contribution is -2.27. The van der Waals surface area contributed by atoms with Crippen LogP contribution in [0.15, 0.2) is 61.2 Å². The number of hydrogen-bond donors (Lipinski definition) is 1. The van der Waals surface area contributed by atoms with Gasteiger partial charge in [-0.25, -0.2) is 9.78 Å². The first-order valence-electron chi connectivity index (χ1n) is 12.9. The number of ether oxygens (including phenoxy) is 2. The second kappa shape index (κ2) is 10.0. The van der Waals surface area contributed by atoms with Crippen LogP contribution in [-0.4, -0.2) is 32.9 Å². The summed E-state index contributed by atoms with van der Waals surface area (Å²) in [4.78, 5) is 16.2. The van der Waals surface area contributed by atoms with Crippen molar-refractivity contribution in [2.75, 3.05) is 11.9 Å². The predicted molar refractivity (Wildman–Crippen MR) is 140 cm³/mol. The van der Waals surface area contributed by atoms with Crippen LogP contribution in [0.25, 0.3) is 22.2 Å². The van der Waals surface area contributed by atoms with Crippen LogP contribution in [0.1, 0.15) is 50.1 Å². The van der Waals surface area contributed by atoms with Crippen LogP contribution in [0, 0.1) is 11.3 Å². The topological polar surface area (TPSA) is 94.1 Å². The maximum Gasteiger partial charge on any atom is 0.411 e. The first kappa shape index (κ1) is 23.2. The zero-order valence-electron chi connectivity index (χ0n) is 20.6. The Bertz CT molecular complexity index is 1440. The zero-order valence-corrected chi connectivity index (χ0v) is 20.6. The fourth-order valence-electron chi connectivity index (χ4n) is 4.99. The third-order valence-electron chi connectivity index (χ3n) is 7.43. The summed E-state index contributed by atoms with van der Waals surface area (Å²) in [6.07, 6.45) is 11.4. The number of benzene rings is 2. The number of carbonyl (C=O) groups excluding carboxylic acids is 1. The van der Waals surface area contributed by atoms with E-state index in [0.717, 1.165) is 60.0 Å². The number of nitrogens with one attached hydrogen (secondary N) is 1. The quantitative estimate of drug-likeness (QED) is 0.310. The normalized spacial score (nSPS) is 15.5. The number of aromatic nitrogens is 3. The molecule has 4 aromatic rings. The van der Waals surface area contributed by atoms with Crippen molar-refractivity contribution < 1.29 is 14.3 Å². The van der Waals surface area contributed by atoms with Gasteiger partial charge in [0.15, 0.2) is 0 Å². The second-order valence-corrected chi connectivity index (χ2v) is 9.78. The molecule has 0 unspecified atom stereocenters. The molecule has 2 heterocycles. The molecule has 8 heteroatoms. The van der Waals surface area contributed by atoms with E-state index >= 15 is 0 Å². The van der Waals surface area contributed by atoms with E-state index in [4.69, 9.17) is 9.47 Å². The van der Waals surface area contributed by atoms with E-state index in [-0.39, 0.29) is 6.10 Å². The summed E-state index contributed by atoms with van der Waals surface area (Å²) in [5.74, 6) is 0.742. The van der Waals surface area contributed by atoms with Crippen molar-refractivity contribution >= 4 is 22.7 Å². The SMILES string of the molecule is N#Cc1c(-c2ccc(NC(=O)OC3CCC3)cc2)n(C2CCC2)c2ccc(OCCn3ccnc3)cc12. The molecule has 37 heavy (non-hydrogen) atoms. The van der Waals surface area contributed by atoms with Crippen molar-refractivity contribution in [3.63, 3.8) is 0 Å². The Balaban J connectivity index is 1.28. The maximum absolute atomic E-state index is 12.2. The van der Waals surface area contributed by atoms with Crippen LogP contribution in [0.3, 0.4) is 0 Å². The second-order valence-electron chi connectivity index (χ2n) is 9.78. The number of anilines is 1. The lowest BCUT2D eigenvalue weighted by atomic mass is 9.92. The molecule has 8 nitrogen and oxygen atoms in total. The van der Waals surface area contributed by atoms with Gasteiger partial charge in [-0.2, -0.15) is 5.26 Å². The Morgan fingerprint density at radius 3 is 2.57 bits per heavy atom. The van der Waals surface area contributed by atoms with Crippen LogP contribution >= 0.6 is 0 Å². The third-order valence-corrected chi connectivity index (χ3v) is 7.43. The molecule has 0 bridgehead atoms. The molecule has 2 fully saturated rings. The highest BCUT2D eigenvalue weighted by atomic mass is 16.6. The van der Waals surface area contributed by atoms with Gasteiger partial charge in [0.05, 0.1) is 29.6 Å². The molecular formula is C29H29N5O3. The number of fused-ring (bicyclic) bond motifs is 1. The van der Waals surface area contributed by atoms with Crippen molar-refractivity contribution in [1.82, 2.24) is 14.1 Å². The van der Waals surface area contributed by atoms with Gasteiger partial charge in [0.25, 0.3) is 0 Å². The first-order valence-corrected chi connectivity index (χ1v) is 12.9. The smallest absolute Gasteiger partial charge is 0.411 e. The van der Waals surface area contributed by atoms with Gasteiger partial charge in [-0.3, -0.25) is 5.32 Å². The highest BCUT2D eigenvalue weighted by molar-refractivity contribution is 5.96. The molecule has 0 spiro atoms. The van der Waals surface area contributed by atoms with Crippen LogP contribution in [-0.2, 0) is 11.3 Å². The van der Waals surface area contributed by atoms with Gasteiger partial charge < -0.3 is 18.6 Å². The molecule has 2 saturated carbocycles. The van der Waals surface area contributed by atoms with E-state index in [2.05, 4.69) is 27.0 Å². The summed E-state index contributed by atoms with van der Waals surface area (Å²) in [6, 6.07) is 16.5. The lowest BCUT2D eigenvalue weighted by Gasteiger charge is -2.30. The summed E-state index contributed by atoms with van der Waals surface area (Å²) in [7, 11) is 0. The number of carbonyl (C=O) groups is 1. The average molecular weight is 496 g/mol. The highest BCUT2D eigenvalue weighted by Gasteiger charge is 2.28. The third kappa shape index (κ3) is 4.65. The molecule has 2 aliphatic rings. The molecule has 6 rings (SSSR count). The number of nitrogens with zero attached hydrogens (tertiary/aromatic N) is 4. The lowest BCUT2D eigenvalue weighted by molar-refractivity contribution is 0.0624. The number of nitriles is 1. The fraction of sp³-hybridized carbons (Fsp3) is 0.345. The van der Waals surface area contributed by atoms with Crippen LogP contribution in [0.2, 0.25) is 0 Å². The van der Waals surface area contributed by atoms with Gasteiger partial charge >= 0.3 is 6.09 Å². The van der Waals surface area contributed by atoms with Gasteiger partial charge in [-0.15, -0.1) is 0 Å². The molecule has 0 atom stereocenters. The molecule has 0 saturated heterocycles. The van der Waals surface area contributed by atoms with E-state index < -0.39 is 6.09 Å².